The summed E-state index contributed by atoms with van der Waals surface area (Å²) in [7, 11) is 4.14. The molecule has 0 aliphatic carbocycles. The van der Waals surface area contributed by atoms with Gasteiger partial charge in [-0.3, -0.25) is 19.7 Å². The van der Waals surface area contributed by atoms with E-state index in [1.54, 1.807) is 24.7 Å². The predicted octanol–water partition coefficient (Wildman–Crippen LogP) is 4.45. The van der Waals surface area contributed by atoms with Crippen LogP contribution in [-0.4, -0.2) is 50.5 Å². The third-order valence-electron chi connectivity index (χ3n) is 7.07. The van der Waals surface area contributed by atoms with Crippen molar-refractivity contribution in [2.24, 2.45) is 12.8 Å². The fourth-order valence-corrected chi connectivity index (χ4v) is 5.22. The highest BCUT2D eigenvalue weighted by Gasteiger charge is 2.27. The molecule has 36 heavy (non-hydrogen) atoms. The van der Waals surface area contributed by atoms with E-state index in [1.165, 1.54) is 5.39 Å². The molecular formula is C28H27N7O. The van der Waals surface area contributed by atoms with Gasteiger partial charge in [-0.25, -0.2) is 0 Å². The van der Waals surface area contributed by atoms with E-state index in [4.69, 9.17) is 5.73 Å². The number of aromatic nitrogens is 4. The van der Waals surface area contributed by atoms with Crippen molar-refractivity contribution in [2.75, 3.05) is 25.5 Å². The summed E-state index contributed by atoms with van der Waals surface area (Å²) in [5.41, 5.74) is 13.3. The zero-order valence-corrected chi connectivity index (χ0v) is 20.3. The van der Waals surface area contributed by atoms with Gasteiger partial charge in [-0.1, -0.05) is 12.1 Å². The summed E-state index contributed by atoms with van der Waals surface area (Å²) in [6, 6.07) is 14.2. The highest BCUT2D eigenvalue weighted by atomic mass is 16.1. The number of anilines is 2. The molecule has 8 nitrogen and oxygen atoms in total. The molecule has 4 heterocycles. The lowest BCUT2D eigenvalue weighted by Gasteiger charge is -2.19. The summed E-state index contributed by atoms with van der Waals surface area (Å²) >= 11 is 0. The van der Waals surface area contributed by atoms with Gasteiger partial charge in [0.25, 0.3) is 5.91 Å². The quantitative estimate of drug-likeness (QED) is 0.388. The Kier molecular flexibility index (Phi) is 5.38. The number of pyridine rings is 1. The van der Waals surface area contributed by atoms with Crippen molar-refractivity contribution in [3.05, 3.63) is 78.5 Å². The van der Waals surface area contributed by atoms with E-state index in [0.717, 1.165) is 58.6 Å². The van der Waals surface area contributed by atoms with Gasteiger partial charge in [-0.05, 0) is 61.3 Å². The van der Waals surface area contributed by atoms with Crippen LogP contribution in [0, 0.1) is 0 Å². The van der Waals surface area contributed by atoms with E-state index in [0.29, 0.717) is 11.3 Å². The van der Waals surface area contributed by atoms with Crippen LogP contribution in [-0.2, 0) is 7.05 Å². The molecule has 0 spiro atoms. The Labute approximate surface area is 208 Å². The zero-order valence-electron chi connectivity index (χ0n) is 20.3. The Balaban J connectivity index is 1.50. The predicted molar refractivity (Wildman–Crippen MR) is 142 cm³/mol. The van der Waals surface area contributed by atoms with Crippen molar-refractivity contribution in [3.8, 4) is 11.1 Å². The second-order valence-corrected chi connectivity index (χ2v) is 9.50. The van der Waals surface area contributed by atoms with Crippen LogP contribution in [0.2, 0.25) is 0 Å². The van der Waals surface area contributed by atoms with E-state index in [2.05, 4.69) is 73.3 Å². The monoisotopic (exact) mass is 477 g/mol. The van der Waals surface area contributed by atoms with Crippen molar-refractivity contribution in [1.29, 1.82) is 0 Å². The third kappa shape index (κ3) is 3.85. The normalized spacial score (nSPS) is 16.1. The number of hydrogen-bond donors (Lipinski definition) is 2. The van der Waals surface area contributed by atoms with Crippen LogP contribution in [0.5, 0.6) is 0 Å². The van der Waals surface area contributed by atoms with Crippen LogP contribution < -0.4 is 11.1 Å². The standard InChI is InChI=1S/C28H27N7O/c1-34-11-6-19(16-34)25-27(21(28(29)36)5-8-31-25)33-20-14-22(26-23(15-20)30-9-10-32-26)18-4-3-17-7-12-35(2)24(17)13-18/h3-5,7-10,12-15,19,33H,6,11,16H2,1-2H3,(H2,29,36). The molecule has 8 heteroatoms. The highest BCUT2D eigenvalue weighted by Crippen LogP contribution is 2.37. The molecule has 1 amide bonds. The number of aryl methyl sites for hydroxylation is 1. The van der Waals surface area contributed by atoms with Gasteiger partial charge in [-0.2, -0.15) is 0 Å². The minimum absolute atomic E-state index is 0.219. The van der Waals surface area contributed by atoms with E-state index >= 15 is 0 Å². The van der Waals surface area contributed by atoms with E-state index in [-0.39, 0.29) is 5.92 Å². The maximum atomic E-state index is 12.4. The lowest BCUT2D eigenvalue weighted by atomic mass is 9.98. The number of nitrogens with zero attached hydrogens (tertiary/aromatic N) is 5. The maximum absolute atomic E-state index is 12.4. The maximum Gasteiger partial charge on any atom is 0.250 e. The molecular weight excluding hydrogens is 450 g/mol. The molecule has 180 valence electrons. The first-order valence-electron chi connectivity index (χ1n) is 12.0. The Morgan fingerprint density at radius 2 is 1.89 bits per heavy atom. The van der Waals surface area contributed by atoms with Crippen molar-refractivity contribution in [2.45, 2.75) is 12.3 Å². The number of benzene rings is 2. The molecule has 1 unspecified atom stereocenters. The Morgan fingerprint density at radius 1 is 1.03 bits per heavy atom. The van der Waals surface area contributed by atoms with Gasteiger partial charge >= 0.3 is 0 Å². The summed E-state index contributed by atoms with van der Waals surface area (Å²) in [6.07, 6.45) is 8.10. The lowest BCUT2D eigenvalue weighted by Crippen LogP contribution is -2.18. The first-order valence-corrected chi connectivity index (χ1v) is 12.0. The molecule has 0 radical (unpaired) electrons. The van der Waals surface area contributed by atoms with E-state index < -0.39 is 5.91 Å². The van der Waals surface area contributed by atoms with Crippen molar-refractivity contribution in [3.63, 3.8) is 0 Å². The van der Waals surface area contributed by atoms with Crippen LogP contribution >= 0.6 is 0 Å². The fourth-order valence-electron chi connectivity index (χ4n) is 5.22. The van der Waals surface area contributed by atoms with Crippen LogP contribution in [0.3, 0.4) is 0 Å². The smallest absolute Gasteiger partial charge is 0.250 e. The Hall–Kier alpha value is -4.30. The molecule has 0 saturated carbocycles. The number of likely N-dealkylation sites (tertiary alicyclic amines) is 1. The minimum Gasteiger partial charge on any atom is -0.366 e. The van der Waals surface area contributed by atoms with Crippen molar-refractivity contribution in [1.82, 2.24) is 24.4 Å². The number of amides is 1. The number of rotatable bonds is 5. The van der Waals surface area contributed by atoms with Gasteiger partial charge in [0, 0.05) is 61.1 Å². The average molecular weight is 478 g/mol. The van der Waals surface area contributed by atoms with Crippen LogP contribution in [0.25, 0.3) is 33.1 Å². The van der Waals surface area contributed by atoms with Crippen molar-refractivity contribution >= 4 is 39.2 Å². The molecule has 1 saturated heterocycles. The first-order chi connectivity index (χ1) is 17.5. The molecule has 1 atom stereocenters. The number of hydrogen-bond acceptors (Lipinski definition) is 6. The Bertz CT molecular complexity index is 1620. The molecule has 5 aromatic rings. The summed E-state index contributed by atoms with van der Waals surface area (Å²) in [4.78, 5) is 28.6. The Morgan fingerprint density at radius 3 is 2.69 bits per heavy atom. The summed E-state index contributed by atoms with van der Waals surface area (Å²) < 4.78 is 2.11. The molecule has 6 rings (SSSR count). The molecule has 3 aromatic heterocycles. The number of primary amides is 1. The first kappa shape index (κ1) is 22.2. The second-order valence-electron chi connectivity index (χ2n) is 9.50. The second kappa shape index (κ2) is 8.73. The highest BCUT2D eigenvalue weighted by molar-refractivity contribution is 6.01. The zero-order chi connectivity index (χ0) is 24.8. The molecule has 1 aliphatic rings. The average Bonchev–Trinajstić information content (AvgIpc) is 3.48. The van der Waals surface area contributed by atoms with Crippen molar-refractivity contribution < 1.29 is 4.79 Å². The molecule has 2 aromatic carbocycles. The van der Waals surface area contributed by atoms with E-state index in [9.17, 15) is 4.79 Å². The number of nitrogens with two attached hydrogens (primary N) is 1. The summed E-state index contributed by atoms with van der Waals surface area (Å²) in [5, 5.41) is 4.68. The lowest BCUT2D eigenvalue weighted by molar-refractivity contribution is 0.100. The topological polar surface area (TPSA) is 102 Å². The number of carbonyl (C=O) groups is 1. The van der Waals surface area contributed by atoms with Gasteiger partial charge in [-0.15, -0.1) is 0 Å². The fraction of sp³-hybridized carbons (Fsp3) is 0.214. The molecule has 3 N–H and O–H groups in total. The number of nitrogens with one attached hydrogen (secondary N) is 1. The molecule has 0 bridgehead atoms. The third-order valence-corrected chi connectivity index (χ3v) is 7.07. The van der Waals surface area contributed by atoms with Gasteiger partial charge in [0.2, 0.25) is 0 Å². The van der Waals surface area contributed by atoms with Crippen LogP contribution in [0.1, 0.15) is 28.4 Å². The summed E-state index contributed by atoms with van der Waals surface area (Å²) in [6.45, 7) is 1.87. The van der Waals surface area contributed by atoms with Gasteiger partial charge < -0.3 is 20.5 Å². The number of carbonyl (C=O) groups excluding carboxylic acids is 1. The largest absolute Gasteiger partial charge is 0.366 e. The SMILES string of the molecule is CN1CCC(c2nccc(C(N)=O)c2Nc2cc(-c3ccc4ccn(C)c4c3)c3nccnc3c2)C1. The van der Waals surface area contributed by atoms with Crippen LogP contribution in [0.15, 0.2) is 67.3 Å². The van der Waals surface area contributed by atoms with E-state index in [1.807, 2.05) is 13.1 Å². The molecule has 1 aliphatic heterocycles. The minimum atomic E-state index is -0.484. The van der Waals surface area contributed by atoms with Gasteiger partial charge in [0.15, 0.2) is 0 Å². The van der Waals surface area contributed by atoms with Crippen LogP contribution in [0.4, 0.5) is 11.4 Å². The van der Waals surface area contributed by atoms with Gasteiger partial charge in [0.05, 0.1) is 28.0 Å². The number of likely N-dealkylation sites (N-methyl/N-ethyl adjacent to an activating group) is 1. The number of fused-ring (bicyclic) bond motifs is 2. The van der Waals surface area contributed by atoms with Gasteiger partial charge in [0.1, 0.15) is 0 Å². The molecule has 1 fully saturated rings. The summed E-state index contributed by atoms with van der Waals surface area (Å²) in [5.74, 6) is -0.265.